The maximum atomic E-state index is 12.9. The summed E-state index contributed by atoms with van der Waals surface area (Å²) in [6.07, 6.45) is 91.5. The predicted octanol–water partition coefficient (Wildman–Crippen LogP) is 22.3. The van der Waals surface area contributed by atoms with Crippen molar-refractivity contribution < 1.29 is 42.1 Å². The summed E-state index contributed by atoms with van der Waals surface area (Å²) in [5, 5.41) is 0. The lowest BCUT2D eigenvalue weighted by Gasteiger charge is -2.24. The summed E-state index contributed by atoms with van der Waals surface area (Å²) in [5.74, 6) is -0.809. The lowest BCUT2D eigenvalue weighted by molar-refractivity contribution is -0.870. The quantitative estimate of drug-likeness (QED) is 0.0211. The van der Waals surface area contributed by atoms with E-state index in [1.54, 1.807) is 0 Å². The molecular weight excluding hydrogens is 1060 g/mol. The Hall–Kier alpha value is -3.59. The summed E-state index contributed by atoms with van der Waals surface area (Å²) in [5.41, 5.74) is 0. The number of likely N-dealkylation sites (N-methyl/N-ethyl adjacent to an activating group) is 1. The SMILES string of the molecule is CC/C=C\C/C=C\C/C=C\C/C=C\C/C=C\C/C=C\C/C=C\CCCCCCCCCCCCCCCCCCCC(=O)OC(COC(=O)CCCCCCCC/C=C\C/C=C\C/C=C\CCCCCCC)COP(=O)(O)OCC[N+](C)(C)C. The van der Waals surface area contributed by atoms with E-state index in [4.69, 9.17) is 18.5 Å². The van der Waals surface area contributed by atoms with Crippen LogP contribution < -0.4 is 0 Å². The van der Waals surface area contributed by atoms with Gasteiger partial charge < -0.3 is 18.9 Å². The Morgan fingerprint density at radius 1 is 0.381 bits per heavy atom. The van der Waals surface area contributed by atoms with Crippen molar-refractivity contribution in [2.45, 2.75) is 290 Å². The van der Waals surface area contributed by atoms with Crippen molar-refractivity contribution >= 4 is 19.8 Å². The molecule has 0 heterocycles. The van der Waals surface area contributed by atoms with Crippen LogP contribution in [0, 0.1) is 0 Å². The number of quaternary nitrogens is 1. The maximum Gasteiger partial charge on any atom is 0.472 e. The first-order valence-electron chi connectivity index (χ1n) is 34.3. The molecule has 0 spiro atoms. The number of rotatable bonds is 62. The standard InChI is InChI=1S/C74H128NO8P/c1-6-8-10-12-14-16-18-20-22-24-26-28-29-30-31-32-33-34-35-36-37-38-39-40-41-42-43-44-45-47-49-51-53-55-57-59-61-63-65-67-74(77)83-72(71-82-84(78,79)81-69-68-75(3,4)5)70-80-73(76)66-64-62-60-58-56-54-52-50-48-46-27-25-23-21-19-17-15-13-11-9-7-2/h8,10,14,16,19-22,25-28,30-31,33-34,36-37,48,50,72H,6-7,9,11-13,15,17-18,23-24,29,32,35,38-47,49,51-71H2,1-5H3/p+1/b10-8-,16-14-,21-19-,22-20-,27-25-,28-26-,31-30-,34-33-,37-36-,50-48-. The molecule has 0 bridgehead atoms. The highest BCUT2D eigenvalue weighted by Crippen LogP contribution is 2.43. The minimum absolute atomic E-state index is 0.0256. The van der Waals surface area contributed by atoms with E-state index in [1.807, 2.05) is 21.1 Å². The number of nitrogens with zero attached hydrogens (tertiary/aromatic N) is 1. The van der Waals surface area contributed by atoms with E-state index in [2.05, 4.69) is 135 Å². The van der Waals surface area contributed by atoms with Crippen LogP contribution in [0.1, 0.15) is 284 Å². The van der Waals surface area contributed by atoms with Crippen molar-refractivity contribution in [1.82, 2.24) is 0 Å². The van der Waals surface area contributed by atoms with E-state index >= 15 is 0 Å². The molecular formula is C74H129NO8P+. The summed E-state index contributed by atoms with van der Waals surface area (Å²) < 4.78 is 34.7. The molecule has 0 aromatic heterocycles. The van der Waals surface area contributed by atoms with Crippen LogP contribution in [-0.2, 0) is 32.7 Å². The van der Waals surface area contributed by atoms with Gasteiger partial charge in [-0.25, -0.2) is 4.57 Å². The molecule has 0 fully saturated rings. The number of unbranched alkanes of at least 4 members (excludes halogenated alkanes) is 28. The van der Waals surface area contributed by atoms with Gasteiger partial charge in [-0.1, -0.05) is 283 Å². The van der Waals surface area contributed by atoms with Gasteiger partial charge >= 0.3 is 19.8 Å². The van der Waals surface area contributed by atoms with Gasteiger partial charge in [-0.05, 0) is 109 Å². The molecule has 0 amide bonds. The first-order chi connectivity index (χ1) is 41.0. The molecule has 2 unspecified atom stereocenters. The third-order valence-electron chi connectivity index (χ3n) is 14.5. The van der Waals surface area contributed by atoms with Crippen LogP contribution in [0.25, 0.3) is 0 Å². The Morgan fingerprint density at radius 2 is 0.679 bits per heavy atom. The second-order valence-electron chi connectivity index (χ2n) is 23.8. The Bertz CT molecular complexity index is 1830. The monoisotopic (exact) mass is 1190 g/mol. The third-order valence-corrected chi connectivity index (χ3v) is 15.5. The Morgan fingerprint density at radius 3 is 1.01 bits per heavy atom. The molecule has 0 rings (SSSR count). The van der Waals surface area contributed by atoms with E-state index < -0.39 is 26.5 Å². The number of carbonyl (C=O) groups is 2. The molecule has 0 aliphatic carbocycles. The average Bonchev–Trinajstić information content (AvgIpc) is 3.61. The number of hydrogen-bond acceptors (Lipinski definition) is 7. The van der Waals surface area contributed by atoms with Gasteiger partial charge in [0.05, 0.1) is 27.7 Å². The van der Waals surface area contributed by atoms with Crippen LogP contribution in [0.4, 0.5) is 0 Å². The summed E-state index contributed by atoms with van der Waals surface area (Å²) in [6, 6.07) is 0. The summed E-state index contributed by atoms with van der Waals surface area (Å²) in [4.78, 5) is 35.8. The van der Waals surface area contributed by atoms with E-state index in [-0.39, 0.29) is 32.0 Å². The van der Waals surface area contributed by atoms with Gasteiger partial charge in [-0.3, -0.25) is 18.6 Å². The van der Waals surface area contributed by atoms with Gasteiger partial charge in [-0.2, -0.15) is 0 Å². The number of hydrogen-bond donors (Lipinski definition) is 1. The Kier molecular flexibility index (Phi) is 61.2. The highest BCUT2D eigenvalue weighted by molar-refractivity contribution is 7.47. The van der Waals surface area contributed by atoms with Gasteiger partial charge in [0.1, 0.15) is 19.8 Å². The van der Waals surface area contributed by atoms with Gasteiger partial charge in [0, 0.05) is 12.8 Å². The van der Waals surface area contributed by atoms with Gasteiger partial charge in [-0.15, -0.1) is 0 Å². The van der Waals surface area contributed by atoms with Gasteiger partial charge in [0.25, 0.3) is 0 Å². The lowest BCUT2D eigenvalue weighted by atomic mass is 10.0. The van der Waals surface area contributed by atoms with Crippen LogP contribution in [-0.4, -0.2) is 74.9 Å². The average molecular weight is 1190 g/mol. The van der Waals surface area contributed by atoms with Crippen LogP contribution in [0.15, 0.2) is 122 Å². The normalized spacial score (nSPS) is 13.9. The number of allylic oxidation sites excluding steroid dienone is 20. The van der Waals surface area contributed by atoms with Crippen molar-refractivity contribution in [3.8, 4) is 0 Å². The second kappa shape index (κ2) is 63.9. The van der Waals surface area contributed by atoms with Gasteiger partial charge in [0.2, 0.25) is 0 Å². The van der Waals surface area contributed by atoms with Crippen molar-refractivity contribution in [3.05, 3.63) is 122 Å². The number of esters is 2. The van der Waals surface area contributed by atoms with Crippen LogP contribution >= 0.6 is 7.82 Å². The molecule has 0 radical (unpaired) electrons. The van der Waals surface area contributed by atoms with Crippen molar-refractivity contribution in [2.24, 2.45) is 0 Å². The number of ether oxygens (including phenoxy) is 2. The highest BCUT2D eigenvalue weighted by Gasteiger charge is 2.27. The number of carbonyl (C=O) groups excluding carboxylic acids is 2. The van der Waals surface area contributed by atoms with E-state index in [0.29, 0.717) is 17.4 Å². The number of phosphoric ester groups is 1. The van der Waals surface area contributed by atoms with Crippen molar-refractivity contribution in [3.63, 3.8) is 0 Å². The largest absolute Gasteiger partial charge is 0.472 e. The summed E-state index contributed by atoms with van der Waals surface area (Å²) in [7, 11) is 1.46. The first-order valence-corrected chi connectivity index (χ1v) is 35.8. The Balaban J connectivity index is 4.04. The lowest BCUT2D eigenvalue weighted by Crippen LogP contribution is -2.37. The molecule has 10 heteroatoms. The molecule has 84 heavy (non-hydrogen) atoms. The van der Waals surface area contributed by atoms with Crippen molar-refractivity contribution in [1.29, 1.82) is 0 Å². The molecule has 0 saturated carbocycles. The second-order valence-corrected chi connectivity index (χ2v) is 25.3. The molecule has 1 N–H and O–H groups in total. The smallest absolute Gasteiger partial charge is 0.462 e. The van der Waals surface area contributed by atoms with E-state index in [0.717, 1.165) is 109 Å². The summed E-state index contributed by atoms with van der Waals surface area (Å²) >= 11 is 0. The fourth-order valence-corrected chi connectivity index (χ4v) is 9.98. The van der Waals surface area contributed by atoms with Gasteiger partial charge in [0.15, 0.2) is 6.10 Å². The topological polar surface area (TPSA) is 108 Å². The molecule has 9 nitrogen and oxygen atoms in total. The zero-order valence-corrected chi connectivity index (χ0v) is 55.7. The minimum atomic E-state index is -4.40. The molecule has 0 aliphatic heterocycles. The first kappa shape index (κ1) is 80.4. The van der Waals surface area contributed by atoms with E-state index in [9.17, 15) is 19.0 Å². The zero-order chi connectivity index (χ0) is 61.2. The van der Waals surface area contributed by atoms with Crippen molar-refractivity contribution in [2.75, 3.05) is 47.5 Å². The summed E-state index contributed by atoms with van der Waals surface area (Å²) in [6.45, 7) is 4.30. The molecule has 482 valence electrons. The van der Waals surface area contributed by atoms with Crippen LogP contribution in [0.3, 0.4) is 0 Å². The highest BCUT2D eigenvalue weighted by atomic mass is 31.2. The third kappa shape index (κ3) is 67.5. The maximum absolute atomic E-state index is 12.9. The fraction of sp³-hybridized carbons (Fsp3) is 0.703. The fourth-order valence-electron chi connectivity index (χ4n) is 9.24. The minimum Gasteiger partial charge on any atom is -0.462 e. The molecule has 0 aromatic rings. The Labute approximate surface area is 518 Å². The van der Waals surface area contributed by atoms with Crippen LogP contribution in [0.5, 0.6) is 0 Å². The molecule has 0 aromatic carbocycles. The van der Waals surface area contributed by atoms with E-state index in [1.165, 1.54) is 141 Å². The molecule has 0 saturated heterocycles. The predicted molar refractivity (Wildman–Crippen MR) is 362 cm³/mol. The molecule has 2 atom stereocenters. The van der Waals surface area contributed by atoms with Crippen LogP contribution in [0.2, 0.25) is 0 Å². The zero-order valence-electron chi connectivity index (χ0n) is 54.9. The number of phosphoric acid groups is 1. The molecule has 0 aliphatic rings.